The van der Waals surface area contributed by atoms with Crippen molar-refractivity contribution in [2.45, 2.75) is 32.4 Å². The fourth-order valence-corrected chi connectivity index (χ4v) is 2.53. The summed E-state index contributed by atoms with van der Waals surface area (Å²) in [5.74, 6) is 1.49. The highest BCUT2D eigenvalue weighted by molar-refractivity contribution is 5.26. The second-order valence-electron chi connectivity index (χ2n) is 6.01. The number of furan rings is 1. The number of nitrogens with two attached hydrogens (primary N) is 1. The first-order valence-corrected chi connectivity index (χ1v) is 7.63. The molecular weight excluding hydrogens is 260 g/mol. The quantitative estimate of drug-likeness (QED) is 0.844. The standard InChI is InChI=1S/C18H26N2O/c1-14(2)16(19)11-12-20(3)18(17-10-7-13-21-17)15-8-5-4-6-9-15/h4-10,13-14,16,18H,11-12,19H2,1-3H3. The second-order valence-corrected chi connectivity index (χ2v) is 6.01. The molecule has 0 radical (unpaired) electrons. The van der Waals surface area contributed by atoms with Crippen LogP contribution in [-0.4, -0.2) is 24.5 Å². The van der Waals surface area contributed by atoms with Crippen molar-refractivity contribution in [1.82, 2.24) is 4.90 Å². The average Bonchev–Trinajstić information content (AvgIpc) is 3.00. The highest BCUT2D eigenvalue weighted by Gasteiger charge is 2.22. The summed E-state index contributed by atoms with van der Waals surface area (Å²) < 4.78 is 5.65. The van der Waals surface area contributed by atoms with Gasteiger partial charge in [0, 0.05) is 12.6 Å². The van der Waals surface area contributed by atoms with E-state index in [1.165, 1.54) is 5.56 Å². The van der Waals surface area contributed by atoms with Gasteiger partial charge < -0.3 is 10.2 Å². The molecule has 1 aromatic heterocycles. The van der Waals surface area contributed by atoms with Crippen LogP contribution >= 0.6 is 0 Å². The van der Waals surface area contributed by atoms with Gasteiger partial charge in [0.05, 0.1) is 12.3 Å². The molecule has 2 N–H and O–H groups in total. The van der Waals surface area contributed by atoms with Crippen molar-refractivity contribution in [2.24, 2.45) is 11.7 Å². The summed E-state index contributed by atoms with van der Waals surface area (Å²) in [6.07, 6.45) is 2.72. The summed E-state index contributed by atoms with van der Waals surface area (Å²) >= 11 is 0. The van der Waals surface area contributed by atoms with Crippen LogP contribution in [0.4, 0.5) is 0 Å². The molecule has 0 saturated heterocycles. The predicted molar refractivity (Wildman–Crippen MR) is 87.1 cm³/mol. The smallest absolute Gasteiger partial charge is 0.125 e. The molecule has 0 aliphatic heterocycles. The molecule has 1 aromatic carbocycles. The number of benzene rings is 1. The van der Waals surface area contributed by atoms with Crippen molar-refractivity contribution in [3.05, 3.63) is 60.1 Å². The summed E-state index contributed by atoms with van der Waals surface area (Å²) in [6, 6.07) is 14.8. The fraction of sp³-hybridized carbons (Fsp3) is 0.444. The van der Waals surface area contributed by atoms with Gasteiger partial charge in [-0.3, -0.25) is 4.90 Å². The van der Waals surface area contributed by atoms with Gasteiger partial charge in [-0.25, -0.2) is 0 Å². The lowest BCUT2D eigenvalue weighted by molar-refractivity contribution is 0.233. The first-order valence-electron chi connectivity index (χ1n) is 7.63. The Hall–Kier alpha value is -1.58. The van der Waals surface area contributed by atoms with Crippen LogP contribution in [0.1, 0.15) is 37.6 Å². The minimum atomic E-state index is 0.139. The molecule has 1 heterocycles. The molecule has 0 aliphatic carbocycles. The molecule has 2 unspecified atom stereocenters. The molecule has 0 aliphatic rings. The molecule has 0 fully saturated rings. The second kappa shape index (κ2) is 7.43. The zero-order chi connectivity index (χ0) is 15.2. The SMILES string of the molecule is CC(C)C(N)CCN(C)C(c1ccccc1)c1ccco1. The van der Waals surface area contributed by atoms with Gasteiger partial charge in [0.15, 0.2) is 0 Å². The Bertz CT molecular complexity index is 507. The maximum Gasteiger partial charge on any atom is 0.125 e. The minimum Gasteiger partial charge on any atom is -0.467 e. The van der Waals surface area contributed by atoms with Crippen LogP contribution < -0.4 is 5.73 Å². The zero-order valence-corrected chi connectivity index (χ0v) is 13.2. The highest BCUT2D eigenvalue weighted by atomic mass is 16.3. The van der Waals surface area contributed by atoms with E-state index in [0.717, 1.165) is 18.7 Å². The first-order chi connectivity index (χ1) is 10.1. The van der Waals surface area contributed by atoms with Gasteiger partial charge in [0.25, 0.3) is 0 Å². The van der Waals surface area contributed by atoms with E-state index in [4.69, 9.17) is 10.2 Å². The van der Waals surface area contributed by atoms with Gasteiger partial charge in [-0.05, 0) is 37.1 Å². The predicted octanol–water partition coefficient (Wildman–Crippen LogP) is 3.67. The van der Waals surface area contributed by atoms with Gasteiger partial charge in [-0.2, -0.15) is 0 Å². The molecule has 0 amide bonds. The molecule has 2 rings (SSSR count). The number of nitrogens with zero attached hydrogens (tertiary/aromatic N) is 1. The average molecular weight is 286 g/mol. The number of rotatable bonds is 7. The highest BCUT2D eigenvalue weighted by Crippen LogP contribution is 2.28. The number of hydrogen-bond acceptors (Lipinski definition) is 3. The van der Waals surface area contributed by atoms with Crippen molar-refractivity contribution in [2.75, 3.05) is 13.6 Å². The largest absolute Gasteiger partial charge is 0.467 e. The van der Waals surface area contributed by atoms with Gasteiger partial charge in [-0.15, -0.1) is 0 Å². The van der Waals surface area contributed by atoms with Crippen molar-refractivity contribution in [3.8, 4) is 0 Å². The summed E-state index contributed by atoms with van der Waals surface area (Å²) in [6.45, 7) is 5.29. The molecule has 0 bridgehead atoms. The molecule has 114 valence electrons. The summed E-state index contributed by atoms with van der Waals surface area (Å²) in [4.78, 5) is 2.32. The lowest BCUT2D eigenvalue weighted by atomic mass is 9.99. The van der Waals surface area contributed by atoms with Crippen LogP contribution in [0.25, 0.3) is 0 Å². The summed E-state index contributed by atoms with van der Waals surface area (Å²) in [5.41, 5.74) is 7.42. The molecule has 0 saturated carbocycles. The lowest BCUT2D eigenvalue weighted by Crippen LogP contribution is -2.33. The van der Waals surface area contributed by atoms with Crippen LogP contribution in [-0.2, 0) is 0 Å². The Morgan fingerprint density at radius 1 is 1.10 bits per heavy atom. The Morgan fingerprint density at radius 2 is 1.81 bits per heavy atom. The van der Waals surface area contributed by atoms with E-state index in [0.29, 0.717) is 5.92 Å². The van der Waals surface area contributed by atoms with Gasteiger partial charge >= 0.3 is 0 Å². The van der Waals surface area contributed by atoms with Crippen LogP contribution in [0.3, 0.4) is 0 Å². The Labute approximate surface area is 127 Å². The van der Waals surface area contributed by atoms with Crippen LogP contribution in [0.2, 0.25) is 0 Å². The molecule has 3 nitrogen and oxygen atoms in total. The van der Waals surface area contributed by atoms with Gasteiger partial charge in [0.2, 0.25) is 0 Å². The first kappa shape index (κ1) is 15.8. The maximum absolute atomic E-state index is 6.17. The topological polar surface area (TPSA) is 42.4 Å². The van der Waals surface area contributed by atoms with E-state index in [2.05, 4.69) is 50.1 Å². The van der Waals surface area contributed by atoms with Crippen LogP contribution in [0.15, 0.2) is 53.1 Å². The third-order valence-corrected chi connectivity index (χ3v) is 4.04. The summed E-state index contributed by atoms with van der Waals surface area (Å²) in [7, 11) is 2.13. The van der Waals surface area contributed by atoms with Crippen molar-refractivity contribution in [3.63, 3.8) is 0 Å². The van der Waals surface area contributed by atoms with Crippen molar-refractivity contribution in [1.29, 1.82) is 0 Å². The van der Waals surface area contributed by atoms with E-state index in [9.17, 15) is 0 Å². The molecule has 2 atom stereocenters. The Kier molecular flexibility index (Phi) is 5.59. The maximum atomic E-state index is 6.17. The molecule has 0 spiro atoms. The van der Waals surface area contributed by atoms with Crippen molar-refractivity contribution >= 4 is 0 Å². The number of hydrogen-bond donors (Lipinski definition) is 1. The van der Waals surface area contributed by atoms with Crippen LogP contribution in [0, 0.1) is 5.92 Å². The molecule has 2 aromatic rings. The molecular formula is C18H26N2O. The molecule has 3 heteroatoms. The fourth-order valence-electron chi connectivity index (χ4n) is 2.53. The van der Waals surface area contributed by atoms with Crippen molar-refractivity contribution < 1.29 is 4.42 Å². The lowest BCUT2D eigenvalue weighted by Gasteiger charge is -2.28. The van der Waals surface area contributed by atoms with Gasteiger partial charge in [0.1, 0.15) is 5.76 Å². The van der Waals surface area contributed by atoms with E-state index in [-0.39, 0.29) is 12.1 Å². The van der Waals surface area contributed by atoms with E-state index >= 15 is 0 Å². The normalized spacial score (nSPS) is 14.6. The Balaban J connectivity index is 2.13. The third-order valence-electron chi connectivity index (χ3n) is 4.04. The third kappa shape index (κ3) is 4.19. The molecule has 21 heavy (non-hydrogen) atoms. The van der Waals surface area contributed by atoms with E-state index in [1.54, 1.807) is 6.26 Å². The van der Waals surface area contributed by atoms with E-state index < -0.39 is 0 Å². The van der Waals surface area contributed by atoms with Gasteiger partial charge in [-0.1, -0.05) is 44.2 Å². The monoisotopic (exact) mass is 286 g/mol. The Morgan fingerprint density at radius 3 is 2.38 bits per heavy atom. The van der Waals surface area contributed by atoms with Crippen LogP contribution in [0.5, 0.6) is 0 Å². The minimum absolute atomic E-state index is 0.139. The van der Waals surface area contributed by atoms with E-state index in [1.807, 2.05) is 18.2 Å². The summed E-state index contributed by atoms with van der Waals surface area (Å²) in [5, 5.41) is 0. The zero-order valence-electron chi connectivity index (χ0n) is 13.2.